The summed E-state index contributed by atoms with van der Waals surface area (Å²) in [7, 11) is 0. The molecule has 0 aromatic carbocycles. The molecule has 0 saturated carbocycles. The lowest BCUT2D eigenvalue weighted by Gasteiger charge is -2.30. The molecular formula is C16H23N3O2. The SMILES string of the molecule is CC(C)(C)OC(=O)N1CCc2[nH]nc(C3CC=CC3)c2C1. The molecule has 1 aromatic rings. The Balaban J connectivity index is 1.75. The quantitative estimate of drug-likeness (QED) is 0.808. The van der Waals surface area contributed by atoms with Gasteiger partial charge in [0.15, 0.2) is 0 Å². The zero-order valence-electron chi connectivity index (χ0n) is 13.0. The van der Waals surface area contributed by atoms with E-state index in [0.29, 0.717) is 19.0 Å². The number of amides is 1. The highest BCUT2D eigenvalue weighted by Gasteiger charge is 2.30. The van der Waals surface area contributed by atoms with Crippen molar-refractivity contribution in [3.8, 4) is 0 Å². The Bertz CT molecular complexity index is 561. The van der Waals surface area contributed by atoms with Crippen LogP contribution >= 0.6 is 0 Å². The topological polar surface area (TPSA) is 58.2 Å². The molecule has 0 spiro atoms. The Kier molecular flexibility index (Phi) is 3.51. The van der Waals surface area contributed by atoms with Gasteiger partial charge in [-0.2, -0.15) is 5.10 Å². The Morgan fingerprint density at radius 2 is 2.10 bits per heavy atom. The van der Waals surface area contributed by atoms with Crippen LogP contribution in [0.1, 0.15) is 56.5 Å². The summed E-state index contributed by atoms with van der Waals surface area (Å²) < 4.78 is 5.48. The molecule has 0 fully saturated rings. The molecule has 0 radical (unpaired) electrons. The summed E-state index contributed by atoms with van der Waals surface area (Å²) in [4.78, 5) is 14.0. The van der Waals surface area contributed by atoms with E-state index in [1.807, 2.05) is 20.8 Å². The van der Waals surface area contributed by atoms with Crippen LogP contribution in [0.5, 0.6) is 0 Å². The lowest BCUT2D eigenvalue weighted by Crippen LogP contribution is -2.40. The van der Waals surface area contributed by atoms with Crippen LogP contribution < -0.4 is 0 Å². The zero-order valence-corrected chi connectivity index (χ0v) is 13.0. The van der Waals surface area contributed by atoms with Crippen molar-refractivity contribution in [1.29, 1.82) is 0 Å². The maximum Gasteiger partial charge on any atom is 0.410 e. The van der Waals surface area contributed by atoms with Crippen LogP contribution in [0.2, 0.25) is 0 Å². The number of carbonyl (C=O) groups is 1. The minimum Gasteiger partial charge on any atom is -0.444 e. The average Bonchev–Trinajstić information content (AvgIpc) is 3.04. The number of rotatable bonds is 1. The summed E-state index contributed by atoms with van der Waals surface area (Å²) in [5.74, 6) is 0.462. The van der Waals surface area contributed by atoms with Crippen molar-refractivity contribution >= 4 is 6.09 Å². The number of H-pyrrole nitrogens is 1. The van der Waals surface area contributed by atoms with Gasteiger partial charge in [-0.15, -0.1) is 0 Å². The molecule has 0 bridgehead atoms. The van der Waals surface area contributed by atoms with Crippen LogP contribution in [-0.2, 0) is 17.7 Å². The highest BCUT2D eigenvalue weighted by atomic mass is 16.6. The predicted molar refractivity (Wildman–Crippen MR) is 80.1 cm³/mol. The molecule has 0 saturated heterocycles. The first kappa shape index (κ1) is 14.2. The molecule has 0 atom stereocenters. The van der Waals surface area contributed by atoms with Crippen molar-refractivity contribution in [1.82, 2.24) is 15.1 Å². The van der Waals surface area contributed by atoms with Gasteiger partial charge < -0.3 is 9.64 Å². The smallest absolute Gasteiger partial charge is 0.410 e. The van der Waals surface area contributed by atoms with Gasteiger partial charge in [0.2, 0.25) is 0 Å². The molecule has 5 heteroatoms. The van der Waals surface area contributed by atoms with Gasteiger partial charge in [0.25, 0.3) is 0 Å². The molecule has 114 valence electrons. The van der Waals surface area contributed by atoms with E-state index in [2.05, 4.69) is 22.3 Å². The fourth-order valence-corrected chi connectivity index (χ4v) is 2.98. The van der Waals surface area contributed by atoms with Gasteiger partial charge in [-0.05, 0) is 33.6 Å². The maximum absolute atomic E-state index is 12.2. The number of ether oxygens (including phenoxy) is 1. The molecule has 1 aliphatic carbocycles. The third kappa shape index (κ3) is 2.96. The number of nitrogens with one attached hydrogen (secondary N) is 1. The van der Waals surface area contributed by atoms with Crippen molar-refractivity contribution in [2.45, 2.75) is 58.1 Å². The van der Waals surface area contributed by atoms with Crippen LogP contribution in [0, 0.1) is 0 Å². The van der Waals surface area contributed by atoms with Crippen LogP contribution in [-0.4, -0.2) is 33.3 Å². The van der Waals surface area contributed by atoms with Crippen molar-refractivity contribution in [2.24, 2.45) is 0 Å². The summed E-state index contributed by atoms with van der Waals surface area (Å²) in [6.45, 7) is 6.98. The first-order chi connectivity index (χ1) is 9.94. The number of hydrogen-bond acceptors (Lipinski definition) is 3. The van der Waals surface area contributed by atoms with Crippen LogP contribution in [0.25, 0.3) is 0 Å². The number of nitrogens with zero attached hydrogens (tertiary/aromatic N) is 2. The van der Waals surface area contributed by atoms with Crippen LogP contribution in [0.4, 0.5) is 4.79 Å². The van der Waals surface area contributed by atoms with Gasteiger partial charge >= 0.3 is 6.09 Å². The molecule has 3 rings (SSSR count). The molecule has 0 unspecified atom stereocenters. The van der Waals surface area contributed by atoms with Gasteiger partial charge in [-0.25, -0.2) is 4.79 Å². The fraction of sp³-hybridized carbons (Fsp3) is 0.625. The Hall–Kier alpha value is -1.78. The molecule has 1 N–H and O–H groups in total. The third-order valence-corrected chi connectivity index (χ3v) is 4.01. The summed E-state index contributed by atoms with van der Waals surface area (Å²) in [6.07, 6.45) is 7.10. The monoisotopic (exact) mass is 289 g/mol. The summed E-state index contributed by atoms with van der Waals surface area (Å²) >= 11 is 0. The summed E-state index contributed by atoms with van der Waals surface area (Å²) in [5, 5.41) is 7.66. The Morgan fingerprint density at radius 1 is 1.38 bits per heavy atom. The molecule has 2 aliphatic rings. The predicted octanol–water partition coefficient (Wildman–Crippen LogP) is 3.14. The molecule has 1 aromatic heterocycles. The highest BCUT2D eigenvalue weighted by Crippen LogP contribution is 2.33. The molecular weight excluding hydrogens is 266 g/mol. The van der Waals surface area contributed by atoms with Crippen molar-refractivity contribution in [3.63, 3.8) is 0 Å². The average molecular weight is 289 g/mol. The largest absolute Gasteiger partial charge is 0.444 e. The minimum absolute atomic E-state index is 0.232. The third-order valence-electron chi connectivity index (χ3n) is 4.01. The van der Waals surface area contributed by atoms with E-state index >= 15 is 0 Å². The fourth-order valence-electron chi connectivity index (χ4n) is 2.98. The van der Waals surface area contributed by atoms with E-state index in [1.165, 1.54) is 11.3 Å². The number of allylic oxidation sites excluding steroid dienone is 2. The number of hydrogen-bond donors (Lipinski definition) is 1. The Labute approximate surface area is 125 Å². The minimum atomic E-state index is -0.452. The van der Waals surface area contributed by atoms with Gasteiger partial charge in [0.1, 0.15) is 5.60 Å². The van der Waals surface area contributed by atoms with Crippen molar-refractivity contribution in [2.75, 3.05) is 6.54 Å². The van der Waals surface area contributed by atoms with Crippen LogP contribution in [0.15, 0.2) is 12.2 Å². The lowest BCUT2D eigenvalue weighted by molar-refractivity contribution is 0.0223. The molecule has 21 heavy (non-hydrogen) atoms. The standard InChI is InChI=1S/C16H23N3O2/c1-16(2,3)21-15(20)19-9-8-13-12(10-19)14(18-17-13)11-6-4-5-7-11/h4-5,11H,6-10H2,1-3H3,(H,17,18). The van der Waals surface area contributed by atoms with E-state index in [1.54, 1.807) is 4.90 Å². The number of carbonyl (C=O) groups excluding carboxylic acids is 1. The second-order valence-electron chi connectivity index (χ2n) is 6.86. The van der Waals surface area contributed by atoms with Gasteiger partial charge in [-0.1, -0.05) is 12.2 Å². The van der Waals surface area contributed by atoms with Crippen molar-refractivity contribution in [3.05, 3.63) is 29.1 Å². The number of aromatic amines is 1. The first-order valence-corrected chi connectivity index (χ1v) is 7.63. The van der Waals surface area contributed by atoms with E-state index in [-0.39, 0.29) is 6.09 Å². The van der Waals surface area contributed by atoms with Gasteiger partial charge in [-0.3, -0.25) is 5.10 Å². The van der Waals surface area contributed by atoms with E-state index in [4.69, 9.17) is 4.74 Å². The molecule has 2 heterocycles. The summed E-state index contributed by atoms with van der Waals surface area (Å²) in [6, 6.07) is 0. The van der Waals surface area contributed by atoms with E-state index < -0.39 is 5.60 Å². The second kappa shape index (κ2) is 5.20. The van der Waals surface area contributed by atoms with E-state index in [0.717, 1.165) is 25.0 Å². The second-order valence-corrected chi connectivity index (χ2v) is 6.86. The molecule has 1 aliphatic heterocycles. The molecule has 5 nitrogen and oxygen atoms in total. The van der Waals surface area contributed by atoms with Gasteiger partial charge in [0, 0.05) is 30.1 Å². The molecule has 1 amide bonds. The van der Waals surface area contributed by atoms with Gasteiger partial charge in [0.05, 0.1) is 12.2 Å². The maximum atomic E-state index is 12.2. The van der Waals surface area contributed by atoms with E-state index in [9.17, 15) is 4.79 Å². The number of aromatic nitrogens is 2. The first-order valence-electron chi connectivity index (χ1n) is 7.63. The van der Waals surface area contributed by atoms with Crippen LogP contribution in [0.3, 0.4) is 0 Å². The summed E-state index contributed by atoms with van der Waals surface area (Å²) in [5.41, 5.74) is 3.05. The number of fused-ring (bicyclic) bond motifs is 1. The van der Waals surface area contributed by atoms with Crippen molar-refractivity contribution < 1.29 is 9.53 Å². The normalized spacial score (nSPS) is 18.9. The highest BCUT2D eigenvalue weighted by molar-refractivity contribution is 5.68. The zero-order chi connectivity index (χ0) is 15.0. The lowest BCUT2D eigenvalue weighted by atomic mass is 9.95. The Morgan fingerprint density at radius 3 is 2.76 bits per heavy atom.